The Hall–Kier alpha value is -0.830. The van der Waals surface area contributed by atoms with E-state index in [1.165, 1.54) is 19.3 Å². The molecule has 4 heteroatoms. The van der Waals surface area contributed by atoms with Crippen LogP contribution in [0, 0.1) is 5.41 Å². The van der Waals surface area contributed by atoms with Crippen LogP contribution in [0.5, 0.6) is 0 Å². The molecule has 1 aliphatic rings. The van der Waals surface area contributed by atoms with E-state index in [4.69, 9.17) is 11.6 Å². The molecule has 1 atom stereocenters. The van der Waals surface area contributed by atoms with Crippen molar-refractivity contribution >= 4 is 17.3 Å². The van der Waals surface area contributed by atoms with Crippen molar-refractivity contribution in [1.29, 1.82) is 0 Å². The number of aromatic nitrogens is 2. The van der Waals surface area contributed by atoms with Crippen LogP contribution in [0.4, 0.5) is 5.69 Å². The van der Waals surface area contributed by atoms with Crippen molar-refractivity contribution in [2.24, 2.45) is 5.41 Å². The van der Waals surface area contributed by atoms with E-state index in [9.17, 15) is 0 Å². The second kappa shape index (κ2) is 3.97. The van der Waals surface area contributed by atoms with Gasteiger partial charge in [0.05, 0.1) is 11.9 Å². The first kappa shape index (κ1) is 10.7. The summed E-state index contributed by atoms with van der Waals surface area (Å²) < 4.78 is 0. The zero-order valence-electron chi connectivity index (χ0n) is 9.13. The van der Waals surface area contributed by atoms with Crippen LogP contribution in [-0.2, 0) is 0 Å². The molecule has 1 N–H and O–H groups in total. The highest BCUT2D eigenvalue weighted by molar-refractivity contribution is 6.29. The fraction of sp³-hybridized carbons (Fsp3) is 0.636. The van der Waals surface area contributed by atoms with Gasteiger partial charge in [-0.3, -0.25) is 0 Å². The summed E-state index contributed by atoms with van der Waals surface area (Å²) in [4.78, 5) is 0. The van der Waals surface area contributed by atoms with Gasteiger partial charge in [-0.05, 0) is 24.7 Å². The Balaban J connectivity index is 1.99. The van der Waals surface area contributed by atoms with Crippen molar-refractivity contribution in [3.63, 3.8) is 0 Å². The third-order valence-corrected chi connectivity index (χ3v) is 3.15. The van der Waals surface area contributed by atoms with Gasteiger partial charge in [0, 0.05) is 12.1 Å². The average Bonchev–Trinajstić information content (AvgIpc) is 2.45. The fourth-order valence-electron chi connectivity index (χ4n) is 2.21. The largest absolute Gasteiger partial charge is 0.381 e. The van der Waals surface area contributed by atoms with Gasteiger partial charge in [-0.1, -0.05) is 25.4 Å². The second-order valence-corrected chi connectivity index (χ2v) is 5.40. The van der Waals surface area contributed by atoms with Gasteiger partial charge in [0.1, 0.15) is 0 Å². The molecule has 1 aliphatic carbocycles. The summed E-state index contributed by atoms with van der Waals surface area (Å²) in [5.41, 5.74) is 1.43. The highest BCUT2D eigenvalue weighted by atomic mass is 35.5. The molecule has 0 spiro atoms. The molecule has 0 aliphatic heterocycles. The Morgan fingerprint density at radius 3 is 2.93 bits per heavy atom. The highest BCUT2D eigenvalue weighted by Crippen LogP contribution is 2.38. The molecule has 82 valence electrons. The van der Waals surface area contributed by atoms with E-state index < -0.39 is 0 Å². The van der Waals surface area contributed by atoms with Gasteiger partial charge in [0.2, 0.25) is 0 Å². The maximum Gasteiger partial charge on any atom is 0.153 e. The maximum atomic E-state index is 5.77. The van der Waals surface area contributed by atoms with E-state index in [-0.39, 0.29) is 0 Å². The van der Waals surface area contributed by atoms with E-state index in [0.29, 0.717) is 16.6 Å². The Labute approximate surface area is 95.2 Å². The number of rotatable bonds is 2. The minimum absolute atomic E-state index is 0.442. The smallest absolute Gasteiger partial charge is 0.153 e. The van der Waals surface area contributed by atoms with Gasteiger partial charge < -0.3 is 5.32 Å². The van der Waals surface area contributed by atoms with Crippen molar-refractivity contribution in [3.05, 3.63) is 17.4 Å². The molecule has 1 aromatic heterocycles. The molecule has 1 heterocycles. The lowest BCUT2D eigenvalue weighted by Gasteiger charge is -2.18. The fourth-order valence-corrected chi connectivity index (χ4v) is 2.38. The van der Waals surface area contributed by atoms with Crippen LogP contribution >= 0.6 is 11.6 Å². The molecule has 1 saturated carbocycles. The Kier molecular flexibility index (Phi) is 2.83. The van der Waals surface area contributed by atoms with Crippen molar-refractivity contribution in [3.8, 4) is 0 Å². The first-order chi connectivity index (χ1) is 7.05. The molecular weight excluding hydrogens is 210 g/mol. The quantitative estimate of drug-likeness (QED) is 0.841. The predicted molar refractivity (Wildman–Crippen MR) is 62.1 cm³/mol. The summed E-state index contributed by atoms with van der Waals surface area (Å²) in [6.07, 6.45) is 5.41. The molecule has 1 unspecified atom stereocenters. The van der Waals surface area contributed by atoms with Gasteiger partial charge in [-0.15, -0.1) is 5.10 Å². The standard InChI is InChI=1S/C11H16ClN3/c1-11(2)4-3-8(6-11)14-9-5-10(12)15-13-7-9/h5,7-8H,3-4,6H2,1-2H3,(H,14,15). The summed E-state index contributed by atoms with van der Waals surface area (Å²) in [5.74, 6) is 0. The third-order valence-electron chi connectivity index (χ3n) is 2.96. The van der Waals surface area contributed by atoms with Crippen LogP contribution in [-0.4, -0.2) is 16.2 Å². The molecule has 1 aromatic rings. The molecule has 1 fully saturated rings. The molecule has 0 amide bonds. The minimum atomic E-state index is 0.442. The van der Waals surface area contributed by atoms with Crippen molar-refractivity contribution < 1.29 is 0 Å². The normalized spacial score (nSPS) is 24.1. The lowest BCUT2D eigenvalue weighted by molar-refractivity contribution is 0.378. The first-order valence-corrected chi connectivity index (χ1v) is 5.68. The van der Waals surface area contributed by atoms with E-state index in [1.54, 1.807) is 6.20 Å². The summed E-state index contributed by atoms with van der Waals surface area (Å²) in [5, 5.41) is 11.4. The SMILES string of the molecule is CC1(C)CCC(Nc2cnnc(Cl)c2)C1. The summed E-state index contributed by atoms with van der Waals surface area (Å²) in [6, 6.07) is 2.36. The summed E-state index contributed by atoms with van der Waals surface area (Å²) >= 11 is 5.77. The number of anilines is 1. The van der Waals surface area contributed by atoms with E-state index >= 15 is 0 Å². The van der Waals surface area contributed by atoms with E-state index in [2.05, 4.69) is 29.4 Å². The van der Waals surface area contributed by atoms with Crippen LogP contribution in [0.15, 0.2) is 12.3 Å². The highest BCUT2D eigenvalue weighted by Gasteiger charge is 2.30. The third kappa shape index (κ3) is 2.81. The second-order valence-electron chi connectivity index (χ2n) is 5.02. The minimum Gasteiger partial charge on any atom is -0.381 e. The van der Waals surface area contributed by atoms with E-state index in [0.717, 1.165) is 5.69 Å². The Morgan fingerprint density at radius 1 is 1.53 bits per heavy atom. The van der Waals surface area contributed by atoms with Crippen LogP contribution in [0.1, 0.15) is 33.1 Å². The lowest BCUT2D eigenvalue weighted by Crippen LogP contribution is -2.17. The molecule has 15 heavy (non-hydrogen) atoms. The van der Waals surface area contributed by atoms with Crippen molar-refractivity contribution in [2.45, 2.75) is 39.2 Å². The lowest BCUT2D eigenvalue weighted by atomic mass is 9.92. The number of halogens is 1. The van der Waals surface area contributed by atoms with Gasteiger partial charge in [-0.2, -0.15) is 5.10 Å². The summed E-state index contributed by atoms with van der Waals surface area (Å²) in [7, 11) is 0. The molecular formula is C11H16ClN3. The maximum absolute atomic E-state index is 5.77. The zero-order valence-corrected chi connectivity index (χ0v) is 9.88. The monoisotopic (exact) mass is 225 g/mol. The average molecular weight is 226 g/mol. The van der Waals surface area contributed by atoms with Crippen LogP contribution in [0.25, 0.3) is 0 Å². The van der Waals surface area contributed by atoms with Gasteiger partial charge in [0.25, 0.3) is 0 Å². The van der Waals surface area contributed by atoms with E-state index in [1.807, 2.05) is 6.07 Å². The van der Waals surface area contributed by atoms with Crippen LogP contribution in [0.2, 0.25) is 5.15 Å². The number of hydrogen-bond acceptors (Lipinski definition) is 3. The number of nitrogens with one attached hydrogen (secondary N) is 1. The summed E-state index contributed by atoms with van der Waals surface area (Å²) in [6.45, 7) is 4.62. The molecule has 2 rings (SSSR count). The first-order valence-electron chi connectivity index (χ1n) is 5.30. The van der Waals surface area contributed by atoms with Crippen molar-refractivity contribution in [2.75, 3.05) is 5.32 Å². The van der Waals surface area contributed by atoms with Crippen LogP contribution in [0.3, 0.4) is 0 Å². The van der Waals surface area contributed by atoms with Crippen molar-refractivity contribution in [1.82, 2.24) is 10.2 Å². The molecule has 3 nitrogen and oxygen atoms in total. The molecule has 0 bridgehead atoms. The molecule has 0 saturated heterocycles. The van der Waals surface area contributed by atoms with Gasteiger partial charge in [-0.25, -0.2) is 0 Å². The number of nitrogens with zero attached hydrogens (tertiary/aromatic N) is 2. The van der Waals surface area contributed by atoms with Gasteiger partial charge in [0.15, 0.2) is 5.15 Å². The predicted octanol–water partition coefficient (Wildman–Crippen LogP) is 3.12. The number of hydrogen-bond donors (Lipinski definition) is 1. The molecule has 0 radical (unpaired) electrons. The van der Waals surface area contributed by atoms with Gasteiger partial charge >= 0.3 is 0 Å². The van der Waals surface area contributed by atoms with Crippen LogP contribution < -0.4 is 5.32 Å². The molecule has 0 aromatic carbocycles. The Bertz CT molecular complexity index is 351. The zero-order chi connectivity index (χ0) is 10.9. The topological polar surface area (TPSA) is 37.8 Å². The Morgan fingerprint density at radius 2 is 2.33 bits per heavy atom.